The van der Waals surface area contributed by atoms with E-state index in [1.807, 2.05) is 6.92 Å². The number of hydrogen-bond donors (Lipinski definition) is 2. The Kier molecular flexibility index (Phi) is 3.30. The molecule has 0 aliphatic heterocycles. The predicted octanol–water partition coefficient (Wildman–Crippen LogP) is 2.57. The first-order chi connectivity index (χ1) is 7.58. The Morgan fingerprint density at radius 2 is 2.25 bits per heavy atom. The van der Waals surface area contributed by atoms with Crippen LogP contribution in [-0.4, -0.2) is 17.1 Å². The summed E-state index contributed by atoms with van der Waals surface area (Å²) in [5.41, 5.74) is 0. The van der Waals surface area contributed by atoms with Gasteiger partial charge >= 0.3 is 5.97 Å². The van der Waals surface area contributed by atoms with Gasteiger partial charge in [0.25, 0.3) is 0 Å². The lowest BCUT2D eigenvalue weighted by molar-refractivity contribution is -0.140. The fourth-order valence-corrected chi connectivity index (χ4v) is 2.76. The third-order valence-corrected chi connectivity index (χ3v) is 4.16. The Labute approximate surface area is 99.5 Å². The number of hydrogen-bond acceptors (Lipinski definition) is 3. The van der Waals surface area contributed by atoms with Gasteiger partial charge in [-0.25, -0.2) is 0 Å². The average Bonchev–Trinajstić information content (AvgIpc) is 2.96. The van der Waals surface area contributed by atoms with Crippen LogP contribution < -0.4 is 5.32 Å². The molecular formula is C12H17NO2S. The number of nitrogens with one attached hydrogen (secondary N) is 1. The Balaban J connectivity index is 1.99. The van der Waals surface area contributed by atoms with Crippen molar-refractivity contribution in [2.45, 2.75) is 38.8 Å². The van der Waals surface area contributed by atoms with Crippen LogP contribution in [0.15, 0.2) is 12.1 Å². The fraction of sp³-hybridized carbons (Fsp3) is 0.583. The van der Waals surface area contributed by atoms with Gasteiger partial charge in [0.2, 0.25) is 0 Å². The van der Waals surface area contributed by atoms with Gasteiger partial charge in [0.05, 0.1) is 0 Å². The van der Waals surface area contributed by atoms with E-state index < -0.39 is 5.97 Å². The van der Waals surface area contributed by atoms with Crippen molar-refractivity contribution >= 4 is 17.3 Å². The van der Waals surface area contributed by atoms with Gasteiger partial charge in [-0.05, 0) is 44.7 Å². The van der Waals surface area contributed by atoms with Crippen molar-refractivity contribution in [1.29, 1.82) is 0 Å². The molecule has 0 spiro atoms. The Morgan fingerprint density at radius 1 is 1.56 bits per heavy atom. The summed E-state index contributed by atoms with van der Waals surface area (Å²) in [4.78, 5) is 13.6. The van der Waals surface area contributed by atoms with Crippen LogP contribution >= 0.6 is 11.3 Å². The number of thiophene rings is 1. The molecule has 1 fully saturated rings. The summed E-state index contributed by atoms with van der Waals surface area (Å²) in [5.74, 6) is -0.386. The third kappa shape index (κ3) is 2.62. The number of aliphatic carboxylic acids is 1. The first-order valence-corrected chi connectivity index (χ1v) is 6.45. The third-order valence-electron chi connectivity index (χ3n) is 2.98. The minimum atomic E-state index is -0.720. The maximum Gasteiger partial charge on any atom is 0.321 e. The minimum absolute atomic E-state index is 0.125. The lowest BCUT2D eigenvalue weighted by Gasteiger charge is -2.18. The zero-order valence-electron chi connectivity index (χ0n) is 9.56. The molecule has 0 amide bonds. The van der Waals surface area contributed by atoms with Crippen LogP contribution in [-0.2, 0) is 4.79 Å². The highest BCUT2D eigenvalue weighted by molar-refractivity contribution is 7.12. The molecule has 3 nitrogen and oxygen atoms in total. The van der Waals surface area contributed by atoms with Gasteiger partial charge in [-0.15, -0.1) is 11.3 Å². The van der Waals surface area contributed by atoms with E-state index in [4.69, 9.17) is 5.11 Å². The van der Waals surface area contributed by atoms with Crippen molar-refractivity contribution in [1.82, 2.24) is 5.32 Å². The Hall–Kier alpha value is -0.870. The highest BCUT2D eigenvalue weighted by Crippen LogP contribution is 2.34. The van der Waals surface area contributed by atoms with Crippen molar-refractivity contribution in [3.63, 3.8) is 0 Å². The van der Waals surface area contributed by atoms with Crippen LogP contribution in [0.1, 0.15) is 35.6 Å². The highest BCUT2D eigenvalue weighted by atomic mass is 32.1. The second-order valence-electron chi connectivity index (χ2n) is 4.49. The van der Waals surface area contributed by atoms with Gasteiger partial charge in [0, 0.05) is 15.8 Å². The molecular weight excluding hydrogens is 222 g/mol. The van der Waals surface area contributed by atoms with Crippen LogP contribution in [0.5, 0.6) is 0 Å². The summed E-state index contributed by atoms with van der Waals surface area (Å²) in [5, 5.41) is 12.3. The Morgan fingerprint density at radius 3 is 2.69 bits per heavy atom. The van der Waals surface area contributed by atoms with Gasteiger partial charge in [0.15, 0.2) is 0 Å². The number of aryl methyl sites for hydroxylation is 1. The monoisotopic (exact) mass is 239 g/mol. The van der Waals surface area contributed by atoms with Crippen molar-refractivity contribution < 1.29 is 9.90 Å². The Bertz CT molecular complexity index is 384. The molecule has 1 aliphatic carbocycles. The van der Waals surface area contributed by atoms with Gasteiger partial charge in [0.1, 0.15) is 6.04 Å². The first kappa shape index (κ1) is 11.6. The molecule has 2 rings (SSSR count). The van der Waals surface area contributed by atoms with Crippen molar-refractivity contribution in [3.05, 3.63) is 21.9 Å². The topological polar surface area (TPSA) is 49.3 Å². The van der Waals surface area contributed by atoms with E-state index in [9.17, 15) is 4.79 Å². The molecule has 2 unspecified atom stereocenters. The van der Waals surface area contributed by atoms with Gasteiger partial charge in [-0.3, -0.25) is 10.1 Å². The standard InChI is InChI=1S/C12H17NO2S/c1-7-3-6-10(16-7)8(2)13-11(12(14)15)9-4-5-9/h3,6,8-9,11,13H,4-5H2,1-2H3,(H,14,15). The highest BCUT2D eigenvalue weighted by Gasteiger charge is 2.36. The van der Waals surface area contributed by atoms with Crippen molar-refractivity contribution in [3.8, 4) is 0 Å². The lowest BCUT2D eigenvalue weighted by atomic mass is 10.1. The summed E-state index contributed by atoms with van der Waals surface area (Å²) >= 11 is 1.73. The molecule has 2 atom stereocenters. The SMILES string of the molecule is Cc1ccc(C(C)NC(C(=O)O)C2CC2)s1. The molecule has 1 heterocycles. The average molecular weight is 239 g/mol. The maximum absolute atomic E-state index is 11.1. The largest absolute Gasteiger partial charge is 0.480 e. The molecule has 0 saturated heterocycles. The smallest absolute Gasteiger partial charge is 0.321 e. The molecule has 1 saturated carbocycles. The van der Waals surface area contributed by atoms with E-state index in [0.29, 0.717) is 5.92 Å². The number of carboxylic acid groups (broad SMARTS) is 1. The predicted molar refractivity (Wildman–Crippen MR) is 64.8 cm³/mol. The molecule has 0 radical (unpaired) electrons. The summed E-state index contributed by atoms with van der Waals surface area (Å²) in [6.07, 6.45) is 2.08. The first-order valence-electron chi connectivity index (χ1n) is 5.63. The maximum atomic E-state index is 11.1. The van der Waals surface area contributed by atoms with Crippen molar-refractivity contribution in [2.24, 2.45) is 5.92 Å². The molecule has 88 valence electrons. The van der Waals surface area contributed by atoms with Crippen LogP contribution in [0.4, 0.5) is 0 Å². The summed E-state index contributed by atoms with van der Waals surface area (Å²) in [6.45, 7) is 4.10. The van der Waals surface area contributed by atoms with E-state index in [2.05, 4.69) is 24.4 Å². The van der Waals surface area contributed by atoms with Gasteiger partial charge < -0.3 is 5.11 Å². The number of carbonyl (C=O) groups is 1. The van der Waals surface area contributed by atoms with Crippen LogP contribution in [0, 0.1) is 12.8 Å². The molecule has 0 bridgehead atoms. The van der Waals surface area contributed by atoms with Crippen LogP contribution in [0.25, 0.3) is 0 Å². The van der Waals surface area contributed by atoms with E-state index in [0.717, 1.165) is 12.8 Å². The summed E-state index contributed by atoms with van der Waals surface area (Å²) in [7, 11) is 0. The lowest BCUT2D eigenvalue weighted by Crippen LogP contribution is -2.39. The van der Waals surface area contributed by atoms with Crippen molar-refractivity contribution in [2.75, 3.05) is 0 Å². The number of rotatable bonds is 5. The summed E-state index contributed by atoms with van der Waals surface area (Å²) < 4.78 is 0. The second-order valence-corrected chi connectivity index (χ2v) is 5.81. The van der Waals surface area contributed by atoms with Gasteiger partial charge in [-0.1, -0.05) is 0 Å². The molecule has 1 aliphatic rings. The molecule has 2 N–H and O–H groups in total. The molecule has 16 heavy (non-hydrogen) atoms. The van der Waals surface area contributed by atoms with E-state index in [1.165, 1.54) is 9.75 Å². The molecule has 1 aromatic heterocycles. The molecule has 4 heteroatoms. The fourth-order valence-electron chi connectivity index (χ4n) is 1.88. The van der Waals surface area contributed by atoms with E-state index in [-0.39, 0.29) is 12.1 Å². The van der Waals surface area contributed by atoms with E-state index in [1.54, 1.807) is 11.3 Å². The molecule has 0 aromatic carbocycles. The second kappa shape index (κ2) is 4.55. The quantitative estimate of drug-likeness (QED) is 0.830. The van der Waals surface area contributed by atoms with Crippen LogP contribution in [0.2, 0.25) is 0 Å². The van der Waals surface area contributed by atoms with Crippen LogP contribution in [0.3, 0.4) is 0 Å². The zero-order chi connectivity index (χ0) is 11.7. The van der Waals surface area contributed by atoms with E-state index >= 15 is 0 Å². The normalized spacial score (nSPS) is 19.4. The van der Waals surface area contributed by atoms with Gasteiger partial charge in [-0.2, -0.15) is 0 Å². The number of carboxylic acids is 1. The minimum Gasteiger partial charge on any atom is -0.480 e. The molecule has 1 aromatic rings. The summed E-state index contributed by atoms with van der Waals surface area (Å²) in [6, 6.07) is 3.90. The zero-order valence-corrected chi connectivity index (χ0v) is 10.4.